The van der Waals surface area contributed by atoms with Gasteiger partial charge in [-0.05, 0) is 36.1 Å². The van der Waals surface area contributed by atoms with Crippen LogP contribution in [-0.4, -0.2) is 20.7 Å². The summed E-state index contributed by atoms with van der Waals surface area (Å²) in [6.45, 7) is 0.808. The van der Waals surface area contributed by atoms with Crippen LogP contribution in [0.4, 0.5) is 13.2 Å². The summed E-state index contributed by atoms with van der Waals surface area (Å²) in [4.78, 5) is 8.73. The molecular formula is C21H19F3N6. The van der Waals surface area contributed by atoms with Crippen LogP contribution < -0.4 is 16.4 Å². The second kappa shape index (κ2) is 7.17. The minimum Gasteiger partial charge on any atom is -0.336 e. The Morgan fingerprint density at radius 3 is 2.80 bits per heavy atom. The summed E-state index contributed by atoms with van der Waals surface area (Å²) in [6.07, 6.45) is 2.80. The molecule has 3 heterocycles. The molecule has 1 atom stereocenters. The molecule has 0 fully saturated rings. The van der Waals surface area contributed by atoms with E-state index in [4.69, 9.17) is 0 Å². The smallest absolute Gasteiger partial charge is 0.336 e. The first-order chi connectivity index (χ1) is 14.5. The monoisotopic (exact) mass is 412 g/mol. The van der Waals surface area contributed by atoms with Gasteiger partial charge in [0.25, 0.3) is 0 Å². The third-order valence-corrected chi connectivity index (χ3v) is 5.54. The summed E-state index contributed by atoms with van der Waals surface area (Å²) < 4.78 is 41.6. The van der Waals surface area contributed by atoms with Crippen LogP contribution in [0.25, 0.3) is 17.1 Å². The van der Waals surface area contributed by atoms with E-state index in [0.29, 0.717) is 22.9 Å². The van der Waals surface area contributed by atoms with E-state index in [1.165, 1.54) is 23.4 Å². The zero-order chi connectivity index (χ0) is 20.7. The topological polar surface area (TPSA) is 66.8 Å². The lowest BCUT2D eigenvalue weighted by Crippen LogP contribution is -2.35. The van der Waals surface area contributed by atoms with Gasteiger partial charge in [0.15, 0.2) is 5.70 Å². The molecule has 3 aromatic rings. The Bertz CT molecular complexity index is 1120. The maximum absolute atomic E-state index is 13.2. The van der Waals surface area contributed by atoms with Gasteiger partial charge in [-0.1, -0.05) is 24.3 Å². The van der Waals surface area contributed by atoms with Crippen LogP contribution in [0.1, 0.15) is 29.0 Å². The molecule has 9 heteroatoms. The number of benzene rings is 1. The average Bonchev–Trinajstić information content (AvgIpc) is 3.48. The molecule has 2 aromatic heterocycles. The van der Waals surface area contributed by atoms with Gasteiger partial charge in [-0.2, -0.15) is 13.2 Å². The van der Waals surface area contributed by atoms with Crippen molar-refractivity contribution < 1.29 is 13.2 Å². The second-order valence-corrected chi connectivity index (χ2v) is 7.44. The summed E-state index contributed by atoms with van der Waals surface area (Å²) in [5.41, 5.74) is 10.3. The zero-order valence-electron chi connectivity index (χ0n) is 15.9. The van der Waals surface area contributed by atoms with Gasteiger partial charge in [0, 0.05) is 30.4 Å². The Balaban J connectivity index is 1.39. The van der Waals surface area contributed by atoms with E-state index in [-0.39, 0.29) is 5.70 Å². The zero-order valence-corrected chi connectivity index (χ0v) is 15.9. The minimum atomic E-state index is -4.51. The summed E-state index contributed by atoms with van der Waals surface area (Å²) in [6, 6.07) is 11.6. The molecule has 1 aromatic carbocycles. The molecule has 0 saturated carbocycles. The van der Waals surface area contributed by atoms with Crippen LogP contribution in [0, 0.1) is 0 Å². The SMILES string of the molecule is FC(F)(F)C1=C(c2ccnc(-c3cn(C[C@H]4CCc5ccccc54)cn3)c2)NNN1. The van der Waals surface area contributed by atoms with Crippen LogP contribution in [-0.2, 0) is 13.0 Å². The number of aryl methyl sites for hydroxylation is 1. The van der Waals surface area contributed by atoms with E-state index in [2.05, 4.69) is 50.6 Å². The van der Waals surface area contributed by atoms with Crippen LogP contribution >= 0.6 is 0 Å². The number of rotatable bonds is 4. The molecule has 0 saturated heterocycles. The van der Waals surface area contributed by atoms with E-state index in [1.807, 2.05) is 10.8 Å². The highest BCUT2D eigenvalue weighted by molar-refractivity contribution is 5.71. The fraction of sp³-hybridized carbons (Fsp3) is 0.238. The maximum Gasteiger partial charge on any atom is 0.434 e. The molecule has 30 heavy (non-hydrogen) atoms. The lowest BCUT2D eigenvalue weighted by atomic mass is 10.0. The first kappa shape index (κ1) is 18.7. The molecule has 0 unspecified atom stereocenters. The van der Waals surface area contributed by atoms with Gasteiger partial charge in [-0.3, -0.25) is 10.4 Å². The van der Waals surface area contributed by atoms with Crippen LogP contribution in [0.2, 0.25) is 0 Å². The number of nitrogens with one attached hydrogen (secondary N) is 3. The summed E-state index contributed by atoms with van der Waals surface area (Å²) in [5.74, 6) is 0.432. The summed E-state index contributed by atoms with van der Waals surface area (Å²) in [5, 5.41) is 0. The lowest BCUT2D eigenvalue weighted by Gasteiger charge is -2.12. The standard InChI is InChI=1S/C21H19F3N6/c22-21(23,24)20-19(27-29-28-20)14-7-8-25-17(9-14)18-11-30(12-26-18)10-15-6-5-13-3-1-2-4-16(13)15/h1-4,7-9,11-12,15,27-29H,5-6,10H2/t15-/m1/s1. The largest absolute Gasteiger partial charge is 0.434 e. The van der Waals surface area contributed by atoms with E-state index in [0.717, 1.165) is 19.4 Å². The number of nitrogens with zero attached hydrogens (tertiary/aromatic N) is 3. The molecule has 1 aliphatic heterocycles. The molecule has 1 aliphatic carbocycles. The number of hydrogen-bond donors (Lipinski definition) is 3. The Hall–Kier alpha value is -3.33. The van der Waals surface area contributed by atoms with Crippen LogP contribution in [0.15, 0.2) is 60.8 Å². The number of halogens is 3. The molecule has 6 nitrogen and oxygen atoms in total. The summed E-state index contributed by atoms with van der Waals surface area (Å²) in [7, 11) is 0. The molecule has 0 amide bonds. The van der Waals surface area contributed by atoms with E-state index in [9.17, 15) is 13.2 Å². The molecular weight excluding hydrogens is 393 g/mol. The van der Waals surface area contributed by atoms with Crippen molar-refractivity contribution in [1.82, 2.24) is 30.9 Å². The van der Waals surface area contributed by atoms with Gasteiger partial charge >= 0.3 is 6.18 Å². The normalized spacial score (nSPS) is 18.3. The van der Waals surface area contributed by atoms with Gasteiger partial charge in [0.2, 0.25) is 0 Å². The van der Waals surface area contributed by atoms with Gasteiger partial charge in [-0.15, -0.1) is 5.53 Å². The van der Waals surface area contributed by atoms with Crippen molar-refractivity contribution in [1.29, 1.82) is 0 Å². The summed E-state index contributed by atoms with van der Waals surface area (Å²) >= 11 is 0. The molecule has 3 N–H and O–H groups in total. The van der Waals surface area contributed by atoms with Crippen molar-refractivity contribution >= 4 is 5.70 Å². The number of aromatic nitrogens is 3. The fourth-order valence-corrected chi connectivity index (χ4v) is 4.12. The van der Waals surface area contributed by atoms with Crippen molar-refractivity contribution in [3.63, 3.8) is 0 Å². The van der Waals surface area contributed by atoms with Gasteiger partial charge in [-0.25, -0.2) is 4.98 Å². The number of hydrazine groups is 2. The van der Waals surface area contributed by atoms with Crippen molar-refractivity contribution in [2.75, 3.05) is 0 Å². The second-order valence-electron chi connectivity index (χ2n) is 7.44. The van der Waals surface area contributed by atoms with Gasteiger partial charge < -0.3 is 9.99 Å². The van der Waals surface area contributed by atoms with E-state index < -0.39 is 11.9 Å². The highest BCUT2D eigenvalue weighted by Gasteiger charge is 2.39. The first-order valence-corrected chi connectivity index (χ1v) is 9.64. The number of hydrogen-bond acceptors (Lipinski definition) is 5. The van der Waals surface area contributed by atoms with Crippen molar-refractivity contribution in [2.24, 2.45) is 0 Å². The Labute approximate surface area is 170 Å². The number of imidazole rings is 1. The minimum absolute atomic E-state index is 0.0758. The van der Waals surface area contributed by atoms with E-state index in [1.54, 1.807) is 12.4 Å². The molecule has 2 aliphatic rings. The maximum atomic E-state index is 13.2. The number of fused-ring (bicyclic) bond motifs is 1. The highest BCUT2D eigenvalue weighted by Crippen LogP contribution is 2.34. The van der Waals surface area contributed by atoms with Crippen LogP contribution in [0.3, 0.4) is 0 Å². The number of pyridine rings is 1. The Kier molecular flexibility index (Phi) is 4.47. The third kappa shape index (κ3) is 3.41. The van der Waals surface area contributed by atoms with Gasteiger partial charge in [0.05, 0.1) is 17.7 Å². The molecule has 154 valence electrons. The Morgan fingerprint density at radius 1 is 1.07 bits per heavy atom. The molecule has 5 rings (SSSR count). The number of allylic oxidation sites excluding steroid dienone is 1. The predicted octanol–water partition coefficient (Wildman–Crippen LogP) is 3.52. The quantitative estimate of drug-likeness (QED) is 0.612. The Morgan fingerprint density at radius 2 is 1.93 bits per heavy atom. The van der Waals surface area contributed by atoms with Crippen molar-refractivity contribution in [2.45, 2.75) is 31.5 Å². The predicted molar refractivity (Wildman–Crippen MR) is 105 cm³/mol. The molecule has 0 bridgehead atoms. The van der Waals surface area contributed by atoms with E-state index >= 15 is 0 Å². The molecule has 0 spiro atoms. The highest BCUT2D eigenvalue weighted by atomic mass is 19.4. The molecule has 0 radical (unpaired) electrons. The van der Waals surface area contributed by atoms with Crippen molar-refractivity contribution in [3.05, 3.63) is 77.5 Å². The van der Waals surface area contributed by atoms with Crippen LogP contribution in [0.5, 0.6) is 0 Å². The third-order valence-electron chi connectivity index (χ3n) is 5.54. The van der Waals surface area contributed by atoms with Gasteiger partial charge in [0.1, 0.15) is 5.69 Å². The lowest BCUT2D eigenvalue weighted by molar-refractivity contribution is -0.0959. The average molecular weight is 412 g/mol. The fourth-order valence-electron chi connectivity index (χ4n) is 4.12. The first-order valence-electron chi connectivity index (χ1n) is 9.64. The van der Waals surface area contributed by atoms with Crippen molar-refractivity contribution in [3.8, 4) is 11.4 Å². The number of alkyl halides is 3.